The molecule has 1 fully saturated rings. The molecule has 1 aromatic carbocycles. The summed E-state index contributed by atoms with van der Waals surface area (Å²) in [5.41, 5.74) is 3.20. The zero-order chi connectivity index (χ0) is 19.0. The second kappa shape index (κ2) is 6.89. The second-order valence-electron chi connectivity index (χ2n) is 7.88. The number of hydrogen-bond acceptors (Lipinski definition) is 4. The van der Waals surface area contributed by atoms with Crippen LogP contribution >= 0.6 is 0 Å². The maximum atomic E-state index is 12.9. The number of nitrogens with zero attached hydrogens (tertiary/aromatic N) is 4. The molecule has 1 aliphatic heterocycles. The van der Waals surface area contributed by atoms with Crippen molar-refractivity contribution < 1.29 is 0 Å². The third kappa shape index (κ3) is 2.91. The largest absolute Gasteiger partial charge is 0.336 e. The molecule has 28 heavy (non-hydrogen) atoms. The van der Waals surface area contributed by atoms with Crippen LogP contribution in [0.4, 0.5) is 5.95 Å². The third-order valence-corrected chi connectivity index (χ3v) is 6.33. The van der Waals surface area contributed by atoms with Crippen LogP contribution in [0.25, 0.3) is 11.3 Å². The van der Waals surface area contributed by atoms with Gasteiger partial charge >= 0.3 is 0 Å². The van der Waals surface area contributed by atoms with Crippen molar-refractivity contribution in [3.05, 3.63) is 76.8 Å². The molecule has 5 rings (SSSR count). The number of benzene rings is 1. The molecule has 0 amide bonds. The Balaban J connectivity index is 1.55. The zero-order valence-corrected chi connectivity index (χ0v) is 15.9. The summed E-state index contributed by atoms with van der Waals surface area (Å²) >= 11 is 0. The molecule has 3 heterocycles. The minimum Gasteiger partial charge on any atom is -0.336 e. The molecule has 142 valence electrons. The van der Waals surface area contributed by atoms with Gasteiger partial charge in [0.1, 0.15) is 0 Å². The molecule has 2 aromatic heterocycles. The lowest BCUT2D eigenvalue weighted by Crippen LogP contribution is -2.59. The van der Waals surface area contributed by atoms with E-state index < -0.39 is 0 Å². The van der Waals surface area contributed by atoms with Crippen LogP contribution in [0, 0.1) is 0 Å². The van der Waals surface area contributed by atoms with Crippen LogP contribution in [-0.2, 0) is 13.0 Å². The first kappa shape index (κ1) is 17.2. The van der Waals surface area contributed by atoms with Gasteiger partial charge in [-0.25, -0.2) is 4.98 Å². The fourth-order valence-corrected chi connectivity index (χ4v) is 4.58. The highest BCUT2D eigenvalue weighted by molar-refractivity contribution is 5.60. The smallest absolute Gasteiger partial charge is 0.255 e. The molecule has 0 saturated heterocycles. The van der Waals surface area contributed by atoms with Crippen molar-refractivity contribution in [3.63, 3.8) is 0 Å². The van der Waals surface area contributed by atoms with Gasteiger partial charge in [0.05, 0.1) is 5.69 Å². The molecule has 1 saturated carbocycles. The first-order valence-electron chi connectivity index (χ1n) is 10.1. The van der Waals surface area contributed by atoms with Crippen molar-refractivity contribution in [2.45, 2.75) is 44.2 Å². The first-order chi connectivity index (χ1) is 13.8. The quantitative estimate of drug-likeness (QED) is 0.701. The molecular weight excluding hydrogens is 348 g/mol. The van der Waals surface area contributed by atoms with Crippen LogP contribution < -0.4 is 10.5 Å². The molecule has 0 atom stereocenters. The first-order valence-corrected chi connectivity index (χ1v) is 10.1. The minimum absolute atomic E-state index is 0.0377. The van der Waals surface area contributed by atoms with E-state index in [0.717, 1.165) is 43.1 Å². The van der Waals surface area contributed by atoms with Gasteiger partial charge in [0, 0.05) is 42.7 Å². The Kier molecular flexibility index (Phi) is 4.23. The van der Waals surface area contributed by atoms with E-state index in [4.69, 9.17) is 4.98 Å². The van der Waals surface area contributed by atoms with Gasteiger partial charge in [-0.2, -0.15) is 0 Å². The van der Waals surface area contributed by atoms with E-state index in [1.807, 2.05) is 16.7 Å². The molecule has 0 N–H and O–H groups in total. The van der Waals surface area contributed by atoms with Crippen molar-refractivity contribution in [2.75, 3.05) is 11.4 Å². The minimum atomic E-state index is 0.0377. The average Bonchev–Trinajstić information content (AvgIpc) is 2.72. The van der Waals surface area contributed by atoms with Gasteiger partial charge in [-0.05, 0) is 49.8 Å². The summed E-state index contributed by atoms with van der Waals surface area (Å²) in [7, 11) is 0. The van der Waals surface area contributed by atoms with Crippen LogP contribution in [0.2, 0.25) is 0 Å². The van der Waals surface area contributed by atoms with Gasteiger partial charge in [0.25, 0.3) is 5.56 Å². The molecule has 1 aliphatic carbocycles. The van der Waals surface area contributed by atoms with Crippen molar-refractivity contribution in [1.82, 2.24) is 14.5 Å². The number of rotatable bonds is 4. The van der Waals surface area contributed by atoms with Crippen LogP contribution in [0.5, 0.6) is 0 Å². The number of pyridine rings is 1. The number of hydrogen-bond donors (Lipinski definition) is 0. The maximum Gasteiger partial charge on any atom is 0.255 e. The Morgan fingerprint density at radius 3 is 2.50 bits per heavy atom. The zero-order valence-electron chi connectivity index (χ0n) is 15.9. The summed E-state index contributed by atoms with van der Waals surface area (Å²) in [6.45, 7) is 1.65. The molecule has 1 spiro atoms. The van der Waals surface area contributed by atoms with Gasteiger partial charge in [-0.3, -0.25) is 14.3 Å². The van der Waals surface area contributed by atoms with E-state index in [1.165, 1.54) is 24.8 Å². The van der Waals surface area contributed by atoms with Gasteiger partial charge < -0.3 is 4.90 Å². The molecule has 5 heteroatoms. The molecule has 5 nitrogen and oxygen atoms in total. The fourth-order valence-electron chi connectivity index (χ4n) is 4.58. The van der Waals surface area contributed by atoms with Gasteiger partial charge in [-0.15, -0.1) is 0 Å². The van der Waals surface area contributed by atoms with E-state index in [-0.39, 0.29) is 11.1 Å². The molecular formula is C23H24N4O. The molecule has 3 aromatic rings. The fraction of sp³-hybridized carbons (Fsp3) is 0.348. The highest BCUT2D eigenvalue weighted by Crippen LogP contribution is 2.45. The molecule has 0 unspecified atom stereocenters. The highest BCUT2D eigenvalue weighted by atomic mass is 16.1. The number of aromatic nitrogens is 3. The predicted molar refractivity (Wildman–Crippen MR) is 110 cm³/mol. The summed E-state index contributed by atoms with van der Waals surface area (Å²) < 4.78 is 1.86. The molecule has 2 aliphatic rings. The Labute approximate surface area is 164 Å². The second-order valence-corrected chi connectivity index (χ2v) is 7.88. The SMILES string of the molecule is O=c1cc(-c2ccncc2)nc2n1CCC1(CCC1)N2CCc1ccccc1. The van der Waals surface area contributed by atoms with Crippen molar-refractivity contribution in [2.24, 2.45) is 0 Å². The van der Waals surface area contributed by atoms with Gasteiger partial charge in [-0.1, -0.05) is 30.3 Å². The van der Waals surface area contributed by atoms with Crippen molar-refractivity contribution >= 4 is 5.95 Å². The normalized spacial score (nSPS) is 17.2. The summed E-state index contributed by atoms with van der Waals surface area (Å²) in [6, 6.07) is 16.1. The van der Waals surface area contributed by atoms with Crippen LogP contribution in [0.3, 0.4) is 0 Å². The van der Waals surface area contributed by atoms with E-state index in [2.05, 4.69) is 40.2 Å². The van der Waals surface area contributed by atoms with E-state index in [1.54, 1.807) is 18.5 Å². The predicted octanol–water partition coefficient (Wildman–Crippen LogP) is 3.68. The highest BCUT2D eigenvalue weighted by Gasteiger charge is 2.46. The van der Waals surface area contributed by atoms with Crippen molar-refractivity contribution in [1.29, 1.82) is 0 Å². The Morgan fingerprint density at radius 2 is 1.79 bits per heavy atom. The lowest BCUT2D eigenvalue weighted by molar-refractivity contribution is 0.180. The van der Waals surface area contributed by atoms with Crippen LogP contribution in [0.1, 0.15) is 31.2 Å². The monoisotopic (exact) mass is 372 g/mol. The summed E-state index contributed by atoms with van der Waals surface area (Å²) in [6.07, 6.45) is 9.12. The van der Waals surface area contributed by atoms with Crippen LogP contribution in [-0.4, -0.2) is 26.6 Å². The summed E-state index contributed by atoms with van der Waals surface area (Å²) in [5, 5.41) is 0. The van der Waals surface area contributed by atoms with Gasteiger partial charge in [0.2, 0.25) is 5.95 Å². The standard InChI is InChI=1S/C23H24N4O/c28-21-17-20(19-7-13-24-14-8-19)25-22-26(21)16-12-23(10-4-11-23)27(22)15-9-18-5-2-1-3-6-18/h1-3,5-8,13-14,17H,4,9-12,15-16H2. The Bertz CT molecular complexity index is 1030. The van der Waals surface area contributed by atoms with Crippen LogP contribution in [0.15, 0.2) is 65.7 Å². The lowest BCUT2D eigenvalue weighted by atomic mass is 9.72. The number of anilines is 1. The third-order valence-electron chi connectivity index (χ3n) is 6.33. The summed E-state index contributed by atoms with van der Waals surface area (Å²) in [4.78, 5) is 24.4. The van der Waals surface area contributed by atoms with E-state index in [9.17, 15) is 4.79 Å². The van der Waals surface area contributed by atoms with Gasteiger partial charge in [0.15, 0.2) is 0 Å². The van der Waals surface area contributed by atoms with E-state index in [0.29, 0.717) is 0 Å². The van der Waals surface area contributed by atoms with Crippen molar-refractivity contribution in [3.8, 4) is 11.3 Å². The Morgan fingerprint density at radius 1 is 1.00 bits per heavy atom. The molecule has 0 bridgehead atoms. The lowest BCUT2D eigenvalue weighted by Gasteiger charge is -2.54. The maximum absolute atomic E-state index is 12.9. The summed E-state index contributed by atoms with van der Waals surface area (Å²) in [5.74, 6) is 0.834. The average molecular weight is 372 g/mol. The van der Waals surface area contributed by atoms with E-state index >= 15 is 0 Å². The Hall–Kier alpha value is -2.95. The topological polar surface area (TPSA) is 51.0 Å². The molecule has 0 radical (unpaired) electrons. The number of fused-ring (bicyclic) bond motifs is 1.